The molecular weight excluding hydrogens is 340 g/mol. The molecule has 1 aromatic carbocycles. The molecule has 0 unspecified atom stereocenters. The van der Waals surface area contributed by atoms with Gasteiger partial charge in [0.1, 0.15) is 0 Å². The van der Waals surface area contributed by atoms with Crippen molar-refractivity contribution < 1.29 is 19.1 Å². The molecule has 132 valence electrons. The van der Waals surface area contributed by atoms with Gasteiger partial charge in [0, 0.05) is 24.0 Å². The van der Waals surface area contributed by atoms with E-state index in [9.17, 15) is 14.4 Å². The molecule has 0 saturated heterocycles. The van der Waals surface area contributed by atoms with E-state index in [2.05, 4.69) is 10.6 Å². The van der Waals surface area contributed by atoms with Crippen molar-refractivity contribution in [1.29, 1.82) is 0 Å². The maximum atomic E-state index is 11.8. The van der Waals surface area contributed by atoms with Gasteiger partial charge in [-0.3, -0.25) is 14.4 Å². The number of esters is 1. The minimum absolute atomic E-state index is 0.0722. The Balaban J connectivity index is 1.65. The number of benzene rings is 1. The van der Waals surface area contributed by atoms with E-state index in [4.69, 9.17) is 4.74 Å². The predicted molar refractivity (Wildman–Crippen MR) is 96.4 cm³/mol. The number of hydrogen-bond acceptors (Lipinski definition) is 5. The summed E-state index contributed by atoms with van der Waals surface area (Å²) in [4.78, 5) is 35.6. The smallest absolute Gasteiger partial charge is 0.310 e. The van der Waals surface area contributed by atoms with E-state index in [1.54, 1.807) is 35.6 Å². The van der Waals surface area contributed by atoms with E-state index in [1.807, 2.05) is 17.5 Å². The second-order valence-electron chi connectivity index (χ2n) is 5.39. The summed E-state index contributed by atoms with van der Waals surface area (Å²) in [5, 5.41) is 7.35. The summed E-state index contributed by atoms with van der Waals surface area (Å²) in [6.07, 6.45) is 0.834. The third-order valence-electron chi connectivity index (χ3n) is 3.26. The number of thiophene rings is 1. The minimum Gasteiger partial charge on any atom is -0.455 e. The van der Waals surface area contributed by atoms with Crippen molar-refractivity contribution in [3.05, 3.63) is 52.2 Å². The molecule has 0 spiro atoms. The van der Waals surface area contributed by atoms with E-state index >= 15 is 0 Å². The van der Waals surface area contributed by atoms with Crippen LogP contribution in [-0.2, 0) is 32.0 Å². The Morgan fingerprint density at radius 2 is 1.88 bits per heavy atom. The fourth-order valence-electron chi connectivity index (χ4n) is 2.10. The predicted octanol–water partition coefficient (Wildman–Crippen LogP) is 2.15. The van der Waals surface area contributed by atoms with Crippen molar-refractivity contribution >= 4 is 34.8 Å². The average molecular weight is 360 g/mol. The third kappa shape index (κ3) is 7.17. The summed E-state index contributed by atoms with van der Waals surface area (Å²) >= 11 is 1.64. The van der Waals surface area contributed by atoms with Gasteiger partial charge in [0.25, 0.3) is 5.91 Å². The molecule has 0 atom stereocenters. The van der Waals surface area contributed by atoms with Gasteiger partial charge in [0.05, 0.1) is 6.42 Å². The summed E-state index contributed by atoms with van der Waals surface area (Å²) in [6, 6.07) is 10.9. The van der Waals surface area contributed by atoms with Gasteiger partial charge in [0.15, 0.2) is 6.61 Å². The van der Waals surface area contributed by atoms with E-state index in [1.165, 1.54) is 11.8 Å². The second kappa shape index (κ2) is 9.58. The second-order valence-corrected chi connectivity index (χ2v) is 6.43. The molecular formula is C18H20N2O4S. The first kappa shape index (κ1) is 18.7. The lowest BCUT2D eigenvalue weighted by Gasteiger charge is -2.07. The van der Waals surface area contributed by atoms with Gasteiger partial charge >= 0.3 is 5.97 Å². The largest absolute Gasteiger partial charge is 0.455 e. The maximum absolute atomic E-state index is 11.8. The fourth-order valence-corrected chi connectivity index (χ4v) is 2.81. The Morgan fingerprint density at radius 3 is 2.52 bits per heavy atom. The molecule has 2 amide bonds. The maximum Gasteiger partial charge on any atom is 0.310 e. The summed E-state index contributed by atoms with van der Waals surface area (Å²) in [6.45, 7) is 1.66. The van der Waals surface area contributed by atoms with Gasteiger partial charge in [0.2, 0.25) is 5.91 Å². The van der Waals surface area contributed by atoms with E-state index in [-0.39, 0.29) is 24.8 Å². The normalized spacial score (nSPS) is 10.1. The number of ether oxygens (including phenoxy) is 1. The molecule has 0 radical (unpaired) electrons. The molecule has 0 aliphatic carbocycles. The zero-order valence-electron chi connectivity index (χ0n) is 13.9. The van der Waals surface area contributed by atoms with Crippen LogP contribution in [0.2, 0.25) is 0 Å². The number of nitrogens with one attached hydrogen (secondary N) is 2. The first-order valence-electron chi connectivity index (χ1n) is 7.84. The molecule has 0 saturated carbocycles. The number of hydrogen-bond donors (Lipinski definition) is 2. The monoisotopic (exact) mass is 360 g/mol. The van der Waals surface area contributed by atoms with Crippen LogP contribution in [0.25, 0.3) is 0 Å². The highest BCUT2D eigenvalue weighted by molar-refractivity contribution is 7.09. The van der Waals surface area contributed by atoms with Gasteiger partial charge in [-0.1, -0.05) is 18.2 Å². The summed E-state index contributed by atoms with van der Waals surface area (Å²) < 4.78 is 4.97. The standard InChI is InChI=1S/C18H20N2O4S/c1-13(21)20-15-6-4-14(5-7-15)11-18(23)24-12-17(22)19-9-8-16-3-2-10-25-16/h2-7,10H,8-9,11-12H2,1H3,(H,19,22)(H,20,21). The number of carbonyl (C=O) groups is 3. The summed E-state index contributed by atoms with van der Waals surface area (Å²) in [7, 11) is 0. The molecule has 0 aliphatic heterocycles. The van der Waals surface area contributed by atoms with E-state index in [0.29, 0.717) is 12.2 Å². The fraction of sp³-hybridized carbons (Fsp3) is 0.278. The van der Waals surface area contributed by atoms with Crippen LogP contribution < -0.4 is 10.6 Å². The zero-order valence-corrected chi connectivity index (χ0v) is 14.7. The molecule has 1 heterocycles. The van der Waals surface area contributed by atoms with Crippen LogP contribution >= 0.6 is 11.3 Å². The highest BCUT2D eigenvalue weighted by Crippen LogP contribution is 2.10. The van der Waals surface area contributed by atoms with Gasteiger partial charge in [-0.15, -0.1) is 11.3 Å². The van der Waals surface area contributed by atoms with Crippen molar-refractivity contribution in [1.82, 2.24) is 5.32 Å². The van der Waals surface area contributed by atoms with Crippen LogP contribution in [0.4, 0.5) is 5.69 Å². The quantitative estimate of drug-likeness (QED) is 0.707. The van der Waals surface area contributed by atoms with Gasteiger partial charge in [-0.2, -0.15) is 0 Å². The van der Waals surface area contributed by atoms with Crippen molar-refractivity contribution in [2.75, 3.05) is 18.5 Å². The van der Waals surface area contributed by atoms with Crippen LogP contribution in [0.3, 0.4) is 0 Å². The zero-order chi connectivity index (χ0) is 18.1. The summed E-state index contributed by atoms with van der Waals surface area (Å²) in [5.74, 6) is -0.941. The Kier molecular flexibility index (Phi) is 7.16. The Morgan fingerprint density at radius 1 is 1.12 bits per heavy atom. The van der Waals surface area contributed by atoms with Crippen LogP contribution in [0.15, 0.2) is 41.8 Å². The molecule has 2 N–H and O–H groups in total. The van der Waals surface area contributed by atoms with Crippen LogP contribution in [-0.4, -0.2) is 30.9 Å². The highest BCUT2D eigenvalue weighted by atomic mass is 32.1. The lowest BCUT2D eigenvalue weighted by atomic mass is 10.1. The van der Waals surface area contributed by atoms with E-state index < -0.39 is 5.97 Å². The summed E-state index contributed by atoms with van der Waals surface area (Å²) in [5.41, 5.74) is 1.41. The molecule has 0 bridgehead atoms. The van der Waals surface area contributed by atoms with Crippen molar-refractivity contribution in [2.24, 2.45) is 0 Å². The molecule has 2 rings (SSSR count). The van der Waals surface area contributed by atoms with Crippen LogP contribution in [0, 0.1) is 0 Å². The molecule has 1 aromatic heterocycles. The lowest BCUT2D eigenvalue weighted by Crippen LogP contribution is -2.30. The number of amides is 2. The minimum atomic E-state index is -0.472. The van der Waals surface area contributed by atoms with Crippen LogP contribution in [0.1, 0.15) is 17.4 Å². The SMILES string of the molecule is CC(=O)Nc1ccc(CC(=O)OCC(=O)NCCc2cccs2)cc1. The van der Waals surface area contributed by atoms with Gasteiger partial charge < -0.3 is 15.4 Å². The van der Waals surface area contributed by atoms with E-state index in [0.717, 1.165) is 12.0 Å². The van der Waals surface area contributed by atoms with Crippen molar-refractivity contribution in [3.8, 4) is 0 Å². The third-order valence-corrected chi connectivity index (χ3v) is 4.20. The molecule has 7 heteroatoms. The molecule has 0 aliphatic rings. The average Bonchev–Trinajstić information content (AvgIpc) is 3.08. The number of carbonyl (C=O) groups excluding carboxylic acids is 3. The Bertz CT molecular complexity index is 711. The molecule has 6 nitrogen and oxygen atoms in total. The van der Waals surface area contributed by atoms with Crippen molar-refractivity contribution in [2.45, 2.75) is 19.8 Å². The molecule has 2 aromatic rings. The Hall–Kier alpha value is -2.67. The Labute approximate surface area is 150 Å². The molecule has 25 heavy (non-hydrogen) atoms. The molecule has 0 fully saturated rings. The first-order chi connectivity index (χ1) is 12.0. The van der Waals surface area contributed by atoms with Gasteiger partial charge in [-0.05, 0) is 35.6 Å². The highest BCUT2D eigenvalue weighted by Gasteiger charge is 2.09. The lowest BCUT2D eigenvalue weighted by molar-refractivity contribution is -0.147. The van der Waals surface area contributed by atoms with Crippen LogP contribution in [0.5, 0.6) is 0 Å². The first-order valence-corrected chi connectivity index (χ1v) is 8.72. The van der Waals surface area contributed by atoms with Gasteiger partial charge in [-0.25, -0.2) is 0 Å². The number of rotatable bonds is 8. The topological polar surface area (TPSA) is 84.5 Å². The van der Waals surface area contributed by atoms with Crippen molar-refractivity contribution in [3.63, 3.8) is 0 Å². The number of anilines is 1.